The highest BCUT2D eigenvalue weighted by Crippen LogP contribution is 2.23. The number of hydrogen-bond donors (Lipinski definition) is 1. The molecule has 0 bridgehead atoms. The Kier molecular flexibility index (Phi) is 3.33. The summed E-state index contributed by atoms with van der Waals surface area (Å²) in [6.07, 6.45) is 0.250. The van der Waals surface area contributed by atoms with Gasteiger partial charge in [0.2, 0.25) is 5.82 Å². The van der Waals surface area contributed by atoms with Crippen molar-refractivity contribution in [1.29, 1.82) is 0 Å². The molecular formula is C9H6F2O4. The van der Waals surface area contributed by atoms with Gasteiger partial charge in [0, 0.05) is 0 Å². The molecule has 0 aromatic heterocycles. The van der Waals surface area contributed by atoms with E-state index >= 15 is 0 Å². The van der Waals surface area contributed by atoms with Crippen LogP contribution < -0.4 is 4.74 Å². The van der Waals surface area contributed by atoms with Crippen LogP contribution in [0.5, 0.6) is 5.75 Å². The number of halogens is 2. The number of hydrogen-bond acceptors (Lipinski definition) is 3. The van der Waals surface area contributed by atoms with E-state index in [1.165, 1.54) is 0 Å². The maximum absolute atomic E-state index is 13.0. The summed E-state index contributed by atoms with van der Waals surface area (Å²) in [5.74, 6) is -4.62. The fourth-order valence-corrected chi connectivity index (χ4v) is 0.920. The Morgan fingerprint density at radius 1 is 1.47 bits per heavy atom. The van der Waals surface area contributed by atoms with E-state index in [4.69, 9.17) is 5.11 Å². The van der Waals surface area contributed by atoms with Crippen LogP contribution in [0.3, 0.4) is 0 Å². The third-order valence-corrected chi connectivity index (χ3v) is 1.55. The first-order chi connectivity index (χ1) is 7.06. The van der Waals surface area contributed by atoms with E-state index < -0.39 is 30.0 Å². The van der Waals surface area contributed by atoms with E-state index in [0.29, 0.717) is 0 Å². The monoisotopic (exact) mass is 216 g/mol. The van der Waals surface area contributed by atoms with Crippen molar-refractivity contribution in [2.45, 2.75) is 0 Å². The topological polar surface area (TPSA) is 63.6 Å². The highest BCUT2D eigenvalue weighted by atomic mass is 19.2. The second-order valence-electron chi connectivity index (χ2n) is 2.58. The fourth-order valence-electron chi connectivity index (χ4n) is 0.920. The zero-order valence-corrected chi connectivity index (χ0v) is 7.37. The summed E-state index contributed by atoms with van der Waals surface area (Å²) in [5, 5.41) is 8.27. The van der Waals surface area contributed by atoms with E-state index in [2.05, 4.69) is 4.74 Å². The summed E-state index contributed by atoms with van der Waals surface area (Å²) in [6, 6.07) is 1.76. The summed E-state index contributed by atoms with van der Waals surface area (Å²) in [5.41, 5.74) is -0.241. The van der Waals surface area contributed by atoms with Gasteiger partial charge < -0.3 is 9.84 Å². The molecule has 0 radical (unpaired) electrons. The average molecular weight is 216 g/mol. The average Bonchev–Trinajstić information content (AvgIpc) is 2.20. The van der Waals surface area contributed by atoms with Crippen LogP contribution in [0.2, 0.25) is 0 Å². The molecule has 0 spiro atoms. The number of carbonyl (C=O) groups is 2. The third-order valence-electron chi connectivity index (χ3n) is 1.55. The van der Waals surface area contributed by atoms with Crippen molar-refractivity contribution in [2.24, 2.45) is 0 Å². The lowest BCUT2D eigenvalue weighted by molar-refractivity contribution is -0.139. The number of rotatable bonds is 4. The van der Waals surface area contributed by atoms with Gasteiger partial charge in [-0.25, -0.2) is 9.18 Å². The zero-order chi connectivity index (χ0) is 11.4. The van der Waals surface area contributed by atoms with E-state index in [1.807, 2.05) is 0 Å². The number of ether oxygens (including phenoxy) is 1. The first-order valence-electron chi connectivity index (χ1n) is 3.84. The first-order valence-corrected chi connectivity index (χ1v) is 3.84. The van der Waals surface area contributed by atoms with Crippen LogP contribution in [0, 0.1) is 11.6 Å². The van der Waals surface area contributed by atoms with E-state index in [0.717, 1.165) is 12.1 Å². The van der Waals surface area contributed by atoms with Crippen molar-refractivity contribution in [3.63, 3.8) is 0 Å². The summed E-state index contributed by atoms with van der Waals surface area (Å²) >= 11 is 0. The quantitative estimate of drug-likeness (QED) is 0.769. The molecule has 1 rings (SSSR count). The van der Waals surface area contributed by atoms with Gasteiger partial charge >= 0.3 is 5.97 Å². The van der Waals surface area contributed by atoms with Crippen molar-refractivity contribution in [3.8, 4) is 5.75 Å². The van der Waals surface area contributed by atoms with Gasteiger partial charge in [0.05, 0.1) is 5.56 Å². The van der Waals surface area contributed by atoms with Gasteiger partial charge in [-0.1, -0.05) is 0 Å². The molecule has 0 saturated carbocycles. The molecule has 0 atom stereocenters. The predicted molar refractivity (Wildman–Crippen MR) is 44.9 cm³/mol. The van der Waals surface area contributed by atoms with Gasteiger partial charge in [0.1, 0.15) is 0 Å². The molecule has 0 heterocycles. The van der Waals surface area contributed by atoms with Gasteiger partial charge in [0.25, 0.3) is 0 Å². The highest BCUT2D eigenvalue weighted by molar-refractivity contribution is 5.79. The molecule has 0 aliphatic rings. The van der Waals surface area contributed by atoms with Crippen molar-refractivity contribution in [3.05, 3.63) is 29.3 Å². The standard InChI is InChI=1S/C9H6F2O4/c10-6-2-1-5(3-12)9(8(6)11)15-4-7(13)14/h1-3H,4H2,(H,13,14). The molecule has 0 unspecified atom stereocenters. The SMILES string of the molecule is O=Cc1ccc(F)c(F)c1OCC(=O)O. The Balaban J connectivity index is 3.06. The second kappa shape index (κ2) is 4.50. The number of carboxylic acids is 1. The van der Waals surface area contributed by atoms with Gasteiger partial charge in [0.15, 0.2) is 24.5 Å². The van der Waals surface area contributed by atoms with Crippen molar-refractivity contribution >= 4 is 12.3 Å². The Morgan fingerprint density at radius 2 is 2.13 bits per heavy atom. The molecule has 6 heteroatoms. The molecule has 1 N–H and O–H groups in total. The minimum atomic E-state index is -1.37. The minimum Gasteiger partial charge on any atom is -0.479 e. The summed E-state index contributed by atoms with van der Waals surface area (Å²) in [4.78, 5) is 20.6. The van der Waals surface area contributed by atoms with Crippen molar-refractivity contribution in [2.75, 3.05) is 6.61 Å². The summed E-state index contributed by atoms with van der Waals surface area (Å²) < 4.78 is 30.2. The maximum atomic E-state index is 13.0. The van der Waals surface area contributed by atoms with E-state index in [9.17, 15) is 18.4 Å². The van der Waals surface area contributed by atoms with E-state index in [-0.39, 0.29) is 11.8 Å². The van der Waals surface area contributed by atoms with E-state index in [1.54, 1.807) is 0 Å². The lowest BCUT2D eigenvalue weighted by Gasteiger charge is -2.07. The Morgan fingerprint density at radius 3 is 2.67 bits per heavy atom. The number of carbonyl (C=O) groups excluding carboxylic acids is 1. The van der Waals surface area contributed by atoms with Crippen LogP contribution in [-0.2, 0) is 4.79 Å². The van der Waals surface area contributed by atoms with Crippen LogP contribution in [-0.4, -0.2) is 24.0 Å². The third kappa shape index (κ3) is 2.49. The lowest BCUT2D eigenvalue weighted by atomic mass is 10.2. The Labute approximate surface area is 83.1 Å². The number of carboxylic acid groups (broad SMARTS) is 1. The zero-order valence-electron chi connectivity index (χ0n) is 7.37. The Hall–Kier alpha value is -1.98. The van der Waals surface area contributed by atoms with Crippen molar-refractivity contribution in [1.82, 2.24) is 0 Å². The first kappa shape index (κ1) is 11.1. The van der Waals surface area contributed by atoms with Gasteiger partial charge in [-0.15, -0.1) is 0 Å². The normalized spacial score (nSPS) is 9.73. The van der Waals surface area contributed by atoms with Gasteiger partial charge in [-0.05, 0) is 12.1 Å². The van der Waals surface area contributed by atoms with Crippen LogP contribution in [0.1, 0.15) is 10.4 Å². The van der Waals surface area contributed by atoms with Crippen LogP contribution in [0.4, 0.5) is 8.78 Å². The fraction of sp³-hybridized carbons (Fsp3) is 0.111. The summed E-state index contributed by atoms with van der Waals surface area (Å²) in [6.45, 7) is -0.846. The molecule has 0 fully saturated rings. The van der Waals surface area contributed by atoms with Gasteiger partial charge in [-0.3, -0.25) is 4.79 Å². The van der Waals surface area contributed by atoms with Crippen LogP contribution in [0.25, 0.3) is 0 Å². The molecule has 0 aliphatic carbocycles. The Bertz CT molecular complexity index is 403. The molecule has 0 saturated heterocycles. The number of aliphatic carboxylic acids is 1. The smallest absolute Gasteiger partial charge is 0.341 e. The molecule has 1 aromatic carbocycles. The van der Waals surface area contributed by atoms with Crippen LogP contribution >= 0.6 is 0 Å². The maximum Gasteiger partial charge on any atom is 0.341 e. The van der Waals surface area contributed by atoms with Crippen LogP contribution in [0.15, 0.2) is 12.1 Å². The number of benzene rings is 1. The highest BCUT2D eigenvalue weighted by Gasteiger charge is 2.15. The minimum absolute atomic E-state index is 0.241. The van der Waals surface area contributed by atoms with Crippen molar-refractivity contribution < 1.29 is 28.2 Å². The molecule has 4 nitrogen and oxygen atoms in total. The predicted octanol–water partition coefficient (Wildman–Crippen LogP) is 1.24. The largest absolute Gasteiger partial charge is 0.479 e. The lowest BCUT2D eigenvalue weighted by Crippen LogP contribution is -2.12. The number of aldehydes is 1. The van der Waals surface area contributed by atoms with Gasteiger partial charge in [-0.2, -0.15) is 4.39 Å². The molecule has 15 heavy (non-hydrogen) atoms. The molecule has 80 valence electrons. The molecular weight excluding hydrogens is 210 g/mol. The molecule has 0 aliphatic heterocycles. The molecule has 0 amide bonds. The summed E-state index contributed by atoms with van der Waals surface area (Å²) in [7, 11) is 0. The molecule has 1 aromatic rings. The second-order valence-corrected chi connectivity index (χ2v) is 2.58.